The van der Waals surface area contributed by atoms with Crippen LogP contribution >= 0.6 is 0 Å². The van der Waals surface area contributed by atoms with Crippen LogP contribution in [0.25, 0.3) is 0 Å². The molecule has 3 N–H and O–H groups in total. The molecule has 0 bridgehead atoms. The second-order valence-corrected chi connectivity index (χ2v) is 4.64. The molecule has 1 fully saturated rings. The molecular formula is C11H16N4O3. The van der Waals surface area contributed by atoms with Crippen molar-refractivity contribution in [2.75, 3.05) is 6.54 Å². The number of aromatic nitrogens is 2. The minimum absolute atomic E-state index is 0.182. The monoisotopic (exact) mass is 252 g/mol. The molecule has 2 rings (SSSR count). The summed E-state index contributed by atoms with van der Waals surface area (Å²) < 4.78 is 1.65. The highest BCUT2D eigenvalue weighted by atomic mass is 16.4. The molecule has 2 amide bonds. The quantitative estimate of drug-likeness (QED) is 0.691. The summed E-state index contributed by atoms with van der Waals surface area (Å²) in [5.74, 6) is -0.838. The average Bonchev–Trinajstić information content (AvgIpc) is 3.02. The molecule has 0 spiro atoms. The van der Waals surface area contributed by atoms with Crippen LogP contribution in [-0.2, 0) is 18.4 Å². The minimum atomic E-state index is -0.838. The Morgan fingerprint density at radius 2 is 2.22 bits per heavy atom. The average molecular weight is 252 g/mol. The summed E-state index contributed by atoms with van der Waals surface area (Å²) in [6, 6.07) is -0.355. The lowest BCUT2D eigenvalue weighted by Gasteiger charge is -2.11. The largest absolute Gasteiger partial charge is 0.481 e. The molecule has 0 atom stereocenters. The molecule has 1 saturated carbocycles. The van der Waals surface area contributed by atoms with E-state index in [9.17, 15) is 9.59 Å². The molecule has 98 valence electrons. The Morgan fingerprint density at radius 3 is 2.72 bits per heavy atom. The van der Waals surface area contributed by atoms with Crippen LogP contribution < -0.4 is 10.6 Å². The molecule has 7 nitrogen and oxygen atoms in total. The number of nitrogens with one attached hydrogen (secondary N) is 2. The van der Waals surface area contributed by atoms with E-state index in [1.54, 1.807) is 24.1 Å². The van der Waals surface area contributed by atoms with Gasteiger partial charge in [-0.05, 0) is 12.8 Å². The fourth-order valence-electron chi connectivity index (χ4n) is 1.67. The van der Waals surface area contributed by atoms with E-state index < -0.39 is 11.4 Å². The second kappa shape index (κ2) is 4.67. The maximum absolute atomic E-state index is 11.5. The van der Waals surface area contributed by atoms with Crippen molar-refractivity contribution in [3.05, 3.63) is 18.0 Å². The zero-order chi connectivity index (χ0) is 13.2. The van der Waals surface area contributed by atoms with Gasteiger partial charge >= 0.3 is 12.0 Å². The molecule has 1 aliphatic carbocycles. The van der Waals surface area contributed by atoms with Crippen molar-refractivity contribution in [1.29, 1.82) is 0 Å². The summed E-state index contributed by atoms with van der Waals surface area (Å²) in [6.07, 6.45) is 4.73. The first kappa shape index (κ1) is 12.4. The smallest absolute Gasteiger partial charge is 0.315 e. The number of carboxylic acid groups (broad SMARTS) is 1. The Morgan fingerprint density at radius 1 is 1.50 bits per heavy atom. The van der Waals surface area contributed by atoms with Gasteiger partial charge in [0.15, 0.2) is 0 Å². The number of carbonyl (C=O) groups is 2. The van der Waals surface area contributed by atoms with Gasteiger partial charge in [0.05, 0.1) is 11.6 Å². The first-order valence-corrected chi connectivity index (χ1v) is 5.74. The Labute approximate surface area is 104 Å². The third-order valence-electron chi connectivity index (χ3n) is 3.11. The molecule has 1 aromatic heterocycles. The molecule has 1 heterocycles. The van der Waals surface area contributed by atoms with Gasteiger partial charge in [-0.1, -0.05) is 0 Å². The van der Waals surface area contributed by atoms with Crippen LogP contribution in [-0.4, -0.2) is 33.4 Å². The third kappa shape index (κ3) is 2.79. The summed E-state index contributed by atoms with van der Waals surface area (Å²) in [5.41, 5.74) is 0.165. The summed E-state index contributed by atoms with van der Waals surface area (Å²) >= 11 is 0. The van der Waals surface area contributed by atoms with Gasteiger partial charge in [0.2, 0.25) is 0 Å². The normalized spacial score (nSPS) is 16.1. The van der Waals surface area contributed by atoms with Crippen LogP contribution in [0.15, 0.2) is 12.4 Å². The van der Waals surface area contributed by atoms with Gasteiger partial charge in [-0.3, -0.25) is 9.48 Å². The number of amides is 2. The van der Waals surface area contributed by atoms with Gasteiger partial charge in [-0.15, -0.1) is 0 Å². The molecular weight excluding hydrogens is 236 g/mol. The standard InChI is InChI=1S/C11H16N4O3/c1-15-6-8(5-14-15)4-12-10(18)13-7-11(2-3-11)9(16)17/h5-6H,2-4,7H2,1H3,(H,16,17)(H2,12,13,18). The number of aryl methyl sites for hydroxylation is 1. The Balaban J connectivity index is 1.71. The van der Waals surface area contributed by atoms with Crippen LogP contribution in [0.3, 0.4) is 0 Å². The number of nitrogens with zero attached hydrogens (tertiary/aromatic N) is 2. The predicted octanol–water partition coefficient (Wildman–Crippen LogP) is 0.0841. The fourth-order valence-corrected chi connectivity index (χ4v) is 1.67. The topological polar surface area (TPSA) is 96.2 Å². The van der Waals surface area contributed by atoms with E-state index in [-0.39, 0.29) is 12.6 Å². The Hall–Kier alpha value is -2.05. The van der Waals surface area contributed by atoms with E-state index in [2.05, 4.69) is 15.7 Å². The molecule has 0 aliphatic heterocycles. The highest BCUT2D eigenvalue weighted by molar-refractivity contribution is 5.80. The zero-order valence-electron chi connectivity index (χ0n) is 10.1. The maximum Gasteiger partial charge on any atom is 0.315 e. The van der Waals surface area contributed by atoms with Crippen LogP contribution in [0, 0.1) is 5.41 Å². The van der Waals surface area contributed by atoms with Crippen molar-refractivity contribution in [3.63, 3.8) is 0 Å². The summed E-state index contributed by atoms with van der Waals surface area (Å²) in [4.78, 5) is 22.4. The zero-order valence-corrected chi connectivity index (χ0v) is 10.1. The number of carboxylic acids is 1. The second-order valence-electron chi connectivity index (χ2n) is 4.64. The van der Waals surface area contributed by atoms with Gasteiger partial charge in [-0.25, -0.2) is 4.79 Å². The van der Waals surface area contributed by atoms with Crippen LogP contribution in [0.1, 0.15) is 18.4 Å². The van der Waals surface area contributed by atoms with Gasteiger partial charge in [0, 0.05) is 31.9 Å². The number of hydrogen-bond donors (Lipinski definition) is 3. The van der Waals surface area contributed by atoms with Crippen LogP contribution in [0.4, 0.5) is 4.79 Å². The maximum atomic E-state index is 11.5. The van der Waals surface area contributed by atoms with Crippen molar-refractivity contribution in [1.82, 2.24) is 20.4 Å². The molecule has 0 saturated heterocycles. The summed E-state index contributed by atoms with van der Waals surface area (Å²) in [6.45, 7) is 0.556. The van der Waals surface area contributed by atoms with Crippen molar-refractivity contribution < 1.29 is 14.7 Å². The minimum Gasteiger partial charge on any atom is -0.481 e. The van der Waals surface area contributed by atoms with E-state index in [1.807, 2.05) is 0 Å². The Bertz CT molecular complexity index is 465. The number of hydrogen-bond acceptors (Lipinski definition) is 3. The van der Waals surface area contributed by atoms with E-state index in [1.165, 1.54) is 0 Å². The molecule has 1 aromatic rings. The molecule has 18 heavy (non-hydrogen) atoms. The van der Waals surface area contributed by atoms with Gasteiger partial charge in [-0.2, -0.15) is 5.10 Å². The number of urea groups is 1. The van der Waals surface area contributed by atoms with Crippen LogP contribution in [0.2, 0.25) is 0 Å². The van der Waals surface area contributed by atoms with Gasteiger partial charge in [0.1, 0.15) is 0 Å². The van der Waals surface area contributed by atoms with Crippen molar-refractivity contribution in [2.45, 2.75) is 19.4 Å². The first-order chi connectivity index (χ1) is 8.52. The highest BCUT2D eigenvalue weighted by Crippen LogP contribution is 2.45. The molecule has 1 aliphatic rings. The predicted molar refractivity (Wildman–Crippen MR) is 62.7 cm³/mol. The lowest BCUT2D eigenvalue weighted by Crippen LogP contribution is -2.40. The summed E-state index contributed by atoms with van der Waals surface area (Å²) in [7, 11) is 1.80. The third-order valence-corrected chi connectivity index (χ3v) is 3.11. The fraction of sp³-hybridized carbons (Fsp3) is 0.545. The van der Waals surface area contributed by atoms with E-state index in [0.717, 1.165) is 5.56 Å². The van der Waals surface area contributed by atoms with Crippen molar-refractivity contribution in [2.24, 2.45) is 12.5 Å². The molecule has 7 heteroatoms. The lowest BCUT2D eigenvalue weighted by atomic mass is 10.1. The van der Waals surface area contributed by atoms with Gasteiger partial charge < -0.3 is 15.7 Å². The lowest BCUT2D eigenvalue weighted by molar-refractivity contribution is -0.143. The highest BCUT2D eigenvalue weighted by Gasteiger charge is 2.50. The van der Waals surface area contributed by atoms with Crippen LogP contribution in [0.5, 0.6) is 0 Å². The number of rotatable bonds is 5. The summed E-state index contributed by atoms with van der Waals surface area (Å²) in [5, 5.41) is 18.2. The SMILES string of the molecule is Cn1cc(CNC(=O)NCC2(C(=O)O)CC2)cn1. The van der Waals surface area contributed by atoms with E-state index >= 15 is 0 Å². The molecule has 0 radical (unpaired) electrons. The van der Waals surface area contributed by atoms with Crippen molar-refractivity contribution >= 4 is 12.0 Å². The first-order valence-electron chi connectivity index (χ1n) is 5.74. The van der Waals surface area contributed by atoms with Crippen molar-refractivity contribution in [3.8, 4) is 0 Å². The number of aliphatic carboxylic acids is 1. The number of carbonyl (C=O) groups excluding carboxylic acids is 1. The Kier molecular flexibility index (Phi) is 3.22. The van der Waals surface area contributed by atoms with E-state index in [0.29, 0.717) is 19.4 Å². The van der Waals surface area contributed by atoms with E-state index in [4.69, 9.17) is 5.11 Å². The molecule has 0 aromatic carbocycles. The molecule has 0 unspecified atom stereocenters. The van der Waals surface area contributed by atoms with Gasteiger partial charge in [0.25, 0.3) is 0 Å².